The molecule has 1 aliphatic heterocycles. The van der Waals surface area contributed by atoms with E-state index in [0.29, 0.717) is 13.0 Å². The number of amides is 1. The quantitative estimate of drug-likeness (QED) is 0.544. The summed E-state index contributed by atoms with van der Waals surface area (Å²) in [5.41, 5.74) is 2.23. The second kappa shape index (κ2) is 8.34. The van der Waals surface area contributed by atoms with Gasteiger partial charge in [0.05, 0.1) is 0 Å². The lowest BCUT2D eigenvalue weighted by Crippen LogP contribution is -2.46. The number of aliphatic imine (C=N–C) groups is 1. The first-order valence-corrected chi connectivity index (χ1v) is 8.79. The summed E-state index contributed by atoms with van der Waals surface area (Å²) in [5.74, 6) is 0.995. The van der Waals surface area contributed by atoms with Gasteiger partial charge in [0.25, 0.3) is 0 Å². The number of para-hydroxylation sites is 1. The van der Waals surface area contributed by atoms with E-state index in [1.54, 1.807) is 7.05 Å². The monoisotopic (exact) mass is 345 g/mol. The fourth-order valence-electron chi connectivity index (χ4n) is 3.36. The fraction of sp³-hybridized carbons (Fsp3) is 0.579. The molecule has 1 aromatic carbocycles. The first-order chi connectivity index (χ1) is 11.8. The van der Waals surface area contributed by atoms with Crippen LogP contribution in [-0.4, -0.2) is 57.5 Å². The molecule has 1 aliphatic rings. The topological polar surface area (TPSA) is 68.8 Å². The largest absolute Gasteiger partial charge is 0.356 e. The van der Waals surface area contributed by atoms with Crippen LogP contribution >= 0.6 is 0 Å². The molecule has 1 amide bonds. The van der Waals surface area contributed by atoms with E-state index in [4.69, 9.17) is 0 Å². The van der Waals surface area contributed by atoms with Crippen molar-refractivity contribution in [2.45, 2.75) is 26.2 Å². The van der Waals surface area contributed by atoms with Crippen LogP contribution in [-0.2, 0) is 4.79 Å². The molecule has 138 valence electrons. The molecule has 6 heteroatoms. The minimum atomic E-state index is 0.0700. The predicted octanol–water partition coefficient (Wildman–Crippen LogP) is 1.87. The number of hydrogen-bond acceptors (Lipinski definition) is 3. The Bertz CT molecular complexity index is 624. The zero-order valence-corrected chi connectivity index (χ0v) is 16.0. The molecule has 0 aromatic heterocycles. The zero-order chi connectivity index (χ0) is 18.4. The van der Waals surface area contributed by atoms with Crippen LogP contribution in [0.25, 0.3) is 0 Å². The summed E-state index contributed by atoms with van der Waals surface area (Å²) in [6.45, 7) is 6.96. The van der Waals surface area contributed by atoms with Crippen molar-refractivity contribution in [3.63, 3.8) is 0 Å². The molecule has 1 aromatic rings. The van der Waals surface area contributed by atoms with E-state index < -0.39 is 0 Å². The number of rotatable bonds is 6. The summed E-state index contributed by atoms with van der Waals surface area (Å²) < 4.78 is 0. The molecule has 0 radical (unpaired) electrons. The molecule has 25 heavy (non-hydrogen) atoms. The van der Waals surface area contributed by atoms with Gasteiger partial charge in [-0.1, -0.05) is 32.0 Å². The van der Waals surface area contributed by atoms with Gasteiger partial charge in [-0.05, 0) is 31.1 Å². The highest BCUT2D eigenvalue weighted by Gasteiger charge is 2.25. The minimum Gasteiger partial charge on any atom is -0.356 e. The number of carbonyl (C=O) groups excluding carboxylic acids is 1. The van der Waals surface area contributed by atoms with Gasteiger partial charge >= 0.3 is 0 Å². The molecule has 0 fully saturated rings. The summed E-state index contributed by atoms with van der Waals surface area (Å²) in [7, 11) is 5.94. The SMILES string of the molecule is CN=C(NCC1CC(=O)Nc2ccccc21)NCC(C)(C)CN(C)C. The van der Waals surface area contributed by atoms with Gasteiger partial charge in [0.1, 0.15) is 0 Å². The maximum atomic E-state index is 11.9. The Morgan fingerprint density at radius 3 is 2.72 bits per heavy atom. The van der Waals surface area contributed by atoms with E-state index in [9.17, 15) is 4.79 Å². The van der Waals surface area contributed by atoms with Crippen molar-refractivity contribution in [1.82, 2.24) is 15.5 Å². The summed E-state index contributed by atoms with van der Waals surface area (Å²) in [5, 5.41) is 9.71. The maximum Gasteiger partial charge on any atom is 0.225 e. The van der Waals surface area contributed by atoms with Gasteiger partial charge in [-0.3, -0.25) is 9.79 Å². The zero-order valence-electron chi connectivity index (χ0n) is 16.0. The van der Waals surface area contributed by atoms with E-state index in [0.717, 1.165) is 24.7 Å². The van der Waals surface area contributed by atoms with Gasteiger partial charge in [-0.2, -0.15) is 0 Å². The van der Waals surface area contributed by atoms with Crippen LogP contribution in [0.1, 0.15) is 31.7 Å². The second-order valence-corrected chi connectivity index (χ2v) is 7.75. The Labute approximate surface area is 151 Å². The van der Waals surface area contributed by atoms with Gasteiger partial charge in [0.2, 0.25) is 5.91 Å². The predicted molar refractivity (Wildman–Crippen MR) is 104 cm³/mol. The smallest absolute Gasteiger partial charge is 0.225 e. The van der Waals surface area contributed by atoms with Crippen LogP contribution in [0.5, 0.6) is 0 Å². The maximum absolute atomic E-state index is 11.9. The van der Waals surface area contributed by atoms with Crippen LogP contribution in [0.15, 0.2) is 29.3 Å². The van der Waals surface area contributed by atoms with E-state index in [1.165, 1.54) is 5.56 Å². The third kappa shape index (κ3) is 5.74. The van der Waals surface area contributed by atoms with Gasteiger partial charge in [-0.25, -0.2) is 0 Å². The van der Waals surface area contributed by atoms with Crippen molar-refractivity contribution in [1.29, 1.82) is 0 Å². The molecule has 0 aliphatic carbocycles. The van der Waals surface area contributed by atoms with Crippen molar-refractivity contribution in [2.75, 3.05) is 46.1 Å². The third-order valence-corrected chi connectivity index (χ3v) is 4.32. The Balaban J connectivity index is 1.92. The van der Waals surface area contributed by atoms with E-state index in [-0.39, 0.29) is 17.2 Å². The molecule has 0 spiro atoms. The number of nitrogens with one attached hydrogen (secondary N) is 3. The molecular formula is C19H31N5O. The normalized spacial score (nSPS) is 17.9. The molecule has 1 heterocycles. The third-order valence-electron chi connectivity index (χ3n) is 4.32. The van der Waals surface area contributed by atoms with Crippen LogP contribution in [0, 0.1) is 5.41 Å². The van der Waals surface area contributed by atoms with Gasteiger partial charge in [-0.15, -0.1) is 0 Å². The van der Waals surface area contributed by atoms with E-state index in [1.807, 2.05) is 18.2 Å². The standard InChI is InChI=1S/C19H31N5O/c1-19(2,13-24(4)5)12-22-18(20-3)21-11-14-10-17(25)23-16-9-7-6-8-15(14)16/h6-9,14H,10-13H2,1-5H3,(H,23,25)(H2,20,21,22). The molecule has 0 saturated heterocycles. The Morgan fingerprint density at radius 2 is 2.04 bits per heavy atom. The second-order valence-electron chi connectivity index (χ2n) is 7.75. The minimum absolute atomic E-state index is 0.0700. The number of guanidine groups is 1. The van der Waals surface area contributed by atoms with Crippen LogP contribution in [0.3, 0.4) is 0 Å². The highest BCUT2D eigenvalue weighted by atomic mass is 16.1. The summed E-state index contributed by atoms with van der Waals surface area (Å²) in [4.78, 5) is 18.4. The molecule has 6 nitrogen and oxygen atoms in total. The number of anilines is 1. The van der Waals surface area contributed by atoms with Crippen LogP contribution in [0.4, 0.5) is 5.69 Å². The summed E-state index contributed by atoms with van der Waals surface area (Å²) in [6, 6.07) is 8.00. The number of hydrogen-bond donors (Lipinski definition) is 3. The average molecular weight is 345 g/mol. The van der Waals surface area contributed by atoms with Gasteiger partial charge in [0.15, 0.2) is 5.96 Å². The van der Waals surface area contributed by atoms with Crippen molar-refractivity contribution >= 4 is 17.6 Å². The Kier molecular flexibility index (Phi) is 6.42. The highest BCUT2D eigenvalue weighted by Crippen LogP contribution is 2.31. The molecule has 0 saturated carbocycles. The number of nitrogens with zero attached hydrogens (tertiary/aromatic N) is 2. The number of carbonyl (C=O) groups is 1. The lowest BCUT2D eigenvalue weighted by atomic mass is 9.90. The molecule has 1 atom stereocenters. The van der Waals surface area contributed by atoms with Crippen LogP contribution < -0.4 is 16.0 Å². The Morgan fingerprint density at radius 1 is 1.32 bits per heavy atom. The number of fused-ring (bicyclic) bond motifs is 1. The van der Waals surface area contributed by atoms with E-state index in [2.05, 4.69) is 59.9 Å². The lowest BCUT2D eigenvalue weighted by molar-refractivity contribution is -0.116. The summed E-state index contributed by atoms with van der Waals surface area (Å²) in [6.07, 6.45) is 0.493. The first kappa shape index (κ1) is 19.2. The first-order valence-electron chi connectivity index (χ1n) is 8.79. The van der Waals surface area contributed by atoms with Crippen molar-refractivity contribution in [3.05, 3.63) is 29.8 Å². The van der Waals surface area contributed by atoms with Crippen molar-refractivity contribution < 1.29 is 4.79 Å². The molecule has 2 rings (SSSR count). The lowest BCUT2D eigenvalue weighted by Gasteiger charge is -2.30. The van der Waals surface area contributed by atoms with Gasteiger partial charge in [0, 0.05) is 44.7 Å². The van der Waals surface area contributed by atoms with Crippen molar-refractivity contribution in [3.8, 4) is 0 Å². The van der Waals surface area contributed by atoms with Gasteiger partial charge < -0.3 is 20.9 Å². The number of benzene rings is 1. The summed E-state index contributed by atoms with van der Waals surface area (Å²) >= 11 is 0. The fourth-order valence-corrected chi connectivity index (χ4v) is 3.36. The van der Waals surface area contributed by atoms with Crippen LogP contribution in [0.2, 0.25) is 0 Å². The highest BCUT2D eigenvalue weighted by molar-refractivity contribution is 5.94. The van der Waals surface area contributed by atoms with E-state index >= 15 is 0 Å². The van der Waals surface area contributed by atoms with Crippen molar-refractivity contribution in [2.24, 2.45) is 10.4 Å². The molecule has 1 unspecified atom stereocenters. The molecule has 0 bridgehead atoms. The molecule has 3 N–H and O–H groups in total. The molecular weight excluding hydrogens is 314 g/mol. The Hall–Kier alpha value is -2.08. The average Bonchev–Trinajstić information content (AvgIpc) is 2.53.